The first-order chi connectivity index (χ1) is 7.22. The molecule has 0 spiro atoms. The van der Waals surface area contributed by atoms with Crippen LogP contribution in [0.15, 0.2) is 23.1 Å². The third-order valence-corrected chi connectivity index (χ3v) is 2.97. The molecule has 2 N–H and O–H groups in total. The maximum Gasteiger partial charge on any atom is 0.126 e. The lowest BCUT2D eigenvalue weighted by atomic mass is 10.3. The zero-order valence-electron chi connectivity index (χ0n) is 8.83. The van der Waals surface area contributed by atoms with Crippen molar-refractivity contribution in [1.82, 2.24) is 0 Å². The van der Waals surface area contributed by atoms with Crippen molar-refractivity contribution in [3.63, 3.8) is 0 Å². The summed E-state index contributed by atoms with van der Waals surface area (Å²) >= 11 is 1.62. The molecule has 1 aromatic carbocycles. The van der Waals surface area contributed by atoms with E-state index >= 15 is 0 Å². The Bertz CT molecular complexity index is 286. The van der Waals surface area contributed by atoms with Crippen molar-refractivity contribution in [1.29, 1.82) is 0 Å². The fourth-order valence-electron chi connectivity index (χ4n) is 1.21. The minimum atomic E-state index is -0.269. The molecule has 0 aliphatic heterocycles. The van der Waals surface area contributed by atoms with Gasteiger partial charge in [0.05, 0.1) is 0 Å². The highest BCUT2D eigenvalue weighted by molar-refractivity contribution is 7.99. The lowest BCUT2D eigenvalue weighted by molar-refractivity contribution is 0.194. The molecule has 84 valence electrons. The van der Waals surface area contributed by atoms with Crippen molar-refractivity contribution in [3.05, 3.63) is 24.0 Å². The smallest absolute Gasteiger partial charge is 0.126 e. The Balaban J connectivity index is 2.31. The molecule has 0 atom stereocenters. The summed E-state index contributed by atoms with van der Waals surface area (Å²) in [5.41, 5.74) is 6.02. The standard InChI is InChI=1S/C11H16FNOS/c1-14-4-2-3-5-15-11-7-9(12)6-10(13)8-11/h6-8H,2-5,13H2,1H3. The molecule has 0 saturated carbocycles. The first kappa shape index (κ1) is 12.3. The van der Waals surface area contributed by atoms with E-state index in [2.05, 4.69) is 0 Å². The number of thioether (sulfide) groups is 1. The van der Waals surface area contributed by atoms with Gasteiger partial charge in [-0.2, -0.15) is 0 Å². The number of rotatable bonds is 6. The Morgan fingerprint density at radius 3 is 2.80 bits per heavy atom. The maximum absolute atomic E-state index is 12.9. The van der Waals surface area contributed by atoms with E-state index in [9.17, 15) is 4.39 Å². The van der Waals surface area contributed by atoms with E-state index in [1.807, 2.05) is 0 Å². The number of halogens is 1. The van der Waals surface area contributed by atoms with Gasteiger partial charge in [-0.25, -0.2) is 4.39 Å². The molecule has 0 aliphatic carbocycles. The molecule has 0 aliphatic rings. The van der Waals surface area contributed by atoms with Gasteiger partial charge >= 0.3 is 0 Å². The van der Waals surface area contributed by atoms with Crippen molar-refractivity contribution in [2.24, 2.45) is 0 Å². The van der Waals surface area contributed by atoms with Crippen LogP contribution in [0, 0.1) is 5.82 Å². The van der Waals surface area contributed by atoms with Gasteiger partial charge in [-0.15, -0.1) is 11.8 Å². The molecule has 0 heterocycles. The number of nitrogen functional groups attached to an aromatic ring is 1. The molecule has 0 amide bonds. The average molecular weight is 229 g/mol. The van der Waals surface area contributed by atoms with Crippen LogP contribution in [0.3, 0.4) is 0 Å². The number of nitrogens with two attached hydrogens (primary N) is 1. The summed E-state index contributed by atoms with van der Waals surface area (Å²) in [5, 5.41) is 0. The van der Waals surface area contributed by atoms with Crippen LogP contribution in [-0.2, 0) is 4.74 Å². The zero-order valence-corrected chi connectivity index (χ0v) is 9.65. The number of benzene rings is 1. The first-order valence-electron chi connectivity index (χ1n) is 4.90. The quantitative estimate of drug-likeness (QED) is 0.463. The zero-order chi connectivity index (χ0) is 11.1. The van der Waals surface area contributed by atoms with E-state index in [1.165, 1.54) is 12.1 Å². The van der Waals surface area contributed by atoms with E-state index in [0.717, 1.165) is 30.1 Å². The Morgan fingerprint density at radius 2 is 2.13 bits per heavy atom. The summed E-state index contributed by atoms with van der Waals surface area (Å²) in [4.78, 5) is 0.893. The van der Waals surface area contributed by atoms with Gasteiger partial charge in [0.2, 0.25) is 0 Å². The fraction of sp³-hybridized carbons (Fsp3) is 0.455. The number of methoxy groups -OCH3 is 1. The second-order valence-electron chi connectivity index (χ2n) is 3.27. The number of hydrogen-bond donors (Lipinski definition) is 1. The molecule has 2 nitrogen and oxygen atoms in total. The number of anilines is 1. The van der Waals surface area contributed by atoms with Gasteiger partial charge in [0.25, 0.3) is 0 Å². The van der Waals surface area contributed by atoms with Crippen LogP contribution < -0.4 is 5.73 Å². The Labute approximate surface area is 94.0 Å². The highest BCUT2D eigenvalue weighted by Crippen LogP contribution is 2.22. The van der Waals surface area contributed by atoms with Crippen LogP contribution in [0.1, 0.15) is 12.8 Å². The van der Waals surface area contributed by atoms with E-state index in [-0.39, 0.29) is 5.82 Å². The highest BCUT2D eigenvalue weighted by atomic mass is 32.2. The molecule has 0 saturated heterocycles. The average Bonchev–Trinajstić information content (AvgIpc) is 2.16. The maximum atomic E-state index is 12.9. The summed E-state index contributed by atoms with van der Waals surface area (Å²) < 4.78 is 17.9. The van der Waals surface area contributed by atoms with Gasteiger partial charge in [0.1, 0.15) is 5.82 Å². The van der Waals surface area contributed by atoms with Crippen LogP contribution in [0.5, 0.6) is 0 Å². The molecule has 15 heavy (non-hydrogen) atoms. The normalized spacial score (nSPS) is 10.5. The van der Waals surface area contributed by atoms with Crippen LogP contribution in [-0.4, -0.2) is 19.5 Å². The van der Waals surface area contributed by atoms with Gasteiger partial charge in [0, 0.05) is 24.3 Å². The Kier molecular flexibility index (Phi) is 5.50. The Hall–Kier alpha value is -0.740. The van der Waals surface area contributed by atoms with E-state index in [0.29, 0.717) is 5.69 Å². The van der Waals surface area contributed by atoms with Crippen LogP contribution >= 0.6 is 11.8 Å². The minimum absolute atomic E-state index is 0.269. The lowest BCUT2D eigenvalue weighted by Crippen LogP contribution is -1.91. The van der Waals surface area contributed by atoms with Crippen molar-refractivity contribution < 1.29 is 9.13 Å². The SMILES string of the molecule is COCCCCSc1cc(N)cc(F)c1. The first-order valence-corrected chi connectivity index (χ1v) is 5.89. The minimum Gasteiger partial charge on any atom is -0.399 e. The molecule has 4 heteroatoms. The third-order valence-electron chi connectivity index (χ3n) is 1.91. The van der Waals surface area contributed by atoms with Crippen molar-refractivity contribution in [2.45, 2.75) is 17.7 Å². The molecule has 0 unspecified atom stereocenters. The monoisotopic (exact) mass is 229 g/mol. The largest absolute Gasteiger partial charge is 0.399 e. The number of hydrogen-bond acceptors (Lipinski definition) is 3. The van der Waals surface area contributed by atoms with Gasteiger partial charge < -0.3 is 10.5 Å². The summed E-state index contributed by atoms with van der Waals surface area (Å²) in [7, 11) is 1.69. The summed E-state index contributed by atoms with van der Waals surface area (Å²) in [6.07, 6.45) is 2.10. The third kappa shape index (κ3) is 5.04. The molecule has 0 bridgehead atoms. The van der Waals surface area contributed by atoms with E-state index < -0.39 is 0 Å². The van der Waals surface area contributed by atoms with Crippen molar-refractivity contribution >= 4 is 17.4 Å². The molecule has 0 aromatic heterocycles. The molecular weight excluding hydrogens is 213 g/mol. The summed E-state index contributed by atoms with van der Waals surface area (Å²) in [6, 6.07) is 4.64. The van der Waals surface area contributed by atoms with Gasteiger partial charge in [-0.05, 0) is 36.8 Å². The fourth-order valence-corrected chi connectivity index (χ4v) is 2.21. The molecule has 1 aromatic rings. The predicted octanol–water partition coefficient (Wildman–Crippen LogP) is 2.93. The molecule has 0 radical (unpaired) electrons. The molecule has 1 rings (SSSR count). The van der Waals surface area contributed by atoms with Crippen LogP contribution in [0.25, 0.3) is 0 Å². The van der Waals surface area contributed by atoms with Gasteiger partial charge in [-0.3, -0.25) is 0 Å². The Morgan fingerprint density at radius 1 is 1.33 bits per heavy atom. The van der Waals surface area contributed by atoms with Crippen LogP contribution in [0.4, 0.5) is 10.1 Å². The molecular formula is C11H16FNOS. The number of ether oxygens (including phenoxy) is 1. The second kappa shape index (κ2) is 6.69. The predicted molar refractivity (Wildman–Crippen MR) is 62.6 cm³/mol. The number of unbranched alkanes of at least 4 members (excludes halogenated alkanes) is 1. The summed E-state index contributed by atoms with van der Waals surface area (Å²) in [6.45, 7) is 0.784. The topological polar surface area (TPSA) is 35.2 Å². The van der Waals surface area contributed by atoms with Gasteiger partial charge in [-0.1, -0.05) is 0 Å². The highest BCUT2D eigenvalue weighted by Gasteiger charge is 1.99. The van der Waals surface area contributed by atoms with E-state index in [4.69, 9.17) is 10.5 Å². The second-order valence-corrected chi connectivity index (χ2v) is 4.44. The summed E-state index contributed by atoms with van der Waals surface area (Å²) in [5.74, 6) is 0.695. The van der Waals surface area contributed by atoms with Crippen molar-refractivity contribution in [3.8, 4) is 0 Å². The lowest BCUT2D eigenvalue weighted by Gasteiger charge is -2.03. The van der Waals surface area contributed by atoms with Crippen molar-refractivity contribution in [2.75, 3.05) is 25.2 Å². The van der Waals surface area contributed by atoms with E-state index in [1.54, 1.807) is 24.9 Å². The van der Waals surface area contributed by atoms with Gasteiger partial charge in [0.15, 0.2) is 0 Å². The van der Waals surface area contributed by atoms with Crippen LogP contribution in [0.2, 0.25) is 0 Å². The molecule has 0 fully saturated rings.